The molecule has 0 saturated carbocycles. The maximum absolute atomic E-state index is 4.38. The predicted molar refractivity (Wildman–Crippen MR) is 91.9 cm³/mol. The van der Waals surface area contributed by atoms with Gasteiger partial charge in [0.1, 0.15) is 0 Å². The van der Waals surface area contributed by atoms with E-state index in [1.54, 1.807) is 0 Å². The second-order valence-electron chi connectivity index (χ2n) is 6.31. The van der Waals surface area contributed by atoms with E-state index in [1.165, 1.54) is 29.5 Å². The van der Waals surface area contributed by atoms with Crippen molar-refractivity contribution < 1.29 is 0 Å². The van der Waals surface area contributed by atoms with Crippen LogP contribution < -0.4 is 0 Å². The van der Waals surface area contributed by atoms with Gasteiger partial charge in [-0.15, -0.1) is 5.10 Å². The Labute approximate surface area is 137 Å². The van der Waals surface area contributed by atoms with E-state index in [-0.39, 0.29) is 0 Å². The van der Waals surface area contributed by atoms with E-state index >= 15 is 0 Å². The molecule has 0 saturated heterocycles. The monoisotopic (exact) mass is 303 g/mol. The summed E-state index contributed by atoms with van der Waals surface area (Å²) in [7, 11) is 0. The van der Waals surface area contributed by atoms with Crippen LogP contribution in [-0.4, -0.2) is 15.0 Å². The zero-order valence-electron chi connectivity index (χ0n) is 13.4. The fourth-order valence-corrected chi connectivity index (χ4v) is 3.51. The molecule has 1 atom stereocenters. The van der Waals surface area contributed by atoms with Gasteiger partial charge in [0, 0.05) is 6.42 Å². The van der Waals surface area contributed by atoms with Crippen LogP contribution in [0.3, 0.4) is 0 Å². The van der Waals surface area contributed by atoms with Crippen LogP contribution in [0, 0.1) is 0 Å². The molecular weight excluding hydrogens is 282 g/mol. The average molecular weight is 303 g/mol. The van der Waals surface area contributed by atoms with Gasteiger partial charge in [0.15, 0.2) is 0 Å². The fourth-order valence-electron chi connectivity index (χ4n) is 3.51. The summed E-state index contributed by atoms with van der Waals surface area (Å²) < 4.78 is 1.88. The van der Waals surface area contributed by atoms with Crippen molar-refractivity contribution in [1.82, 2.24) is 15.0 Å². The smallest absolute Gasteiger partial charge is 0.0837 e. The van der Waals surface area contributed by atoms with Crippen LogP contribution in [0.2, 0.25) is 0 Å². The van der Waals surface area contributed by atoms with E-state index in [1.807, 2.05) is 4.68 Å². The Morgan fingerprint density at radius 1 is 1.09 bits per heavy atom. The van der Waals surface area contributed by atoms with Gasteiger partial charge >= 0.3 is 0 Å². The Kier molecular flexibility index (Phi) is 3.70. The molecule has 1 aliphatic carbocycles. The van der Waals surface area contributed by atoms with Crippen molar-refractivity contribution in [3.63, 3.8) is 0 Å². The Bertz CT molecular complexity index is 802. The van der Waals surface area contributed by atoms with E-state index < -0.39 is 0 Å². The molecule has 116 valence electrons. The third kappa shape index (κ3) is 2.79. The highest BCUT2D eigenvalue weighted by molar-refractivity contribution is 5.36. The minimum absolute atomic E-state index is 0.582. The third-order valence-electron chi connectivity index (χ3n) is 4.86. The van der Waals surface area contributed by atoms with Crippen molar-refractivity contribution in [2.75, 3.05) is 0 Å². The molecule has 0 spiro atoms. The normalized spacial score (nSPS) is 16.5. The summed E-state index contributed by atoms with van der Waals surface area (Å²) in [6, 6.07) is 17.3. The number of fused-ring (bicyclic) bond motifs is 1. The lowest BCUT2D eigenvalue weighted by Crippen LogP contribution is -1.99. The highest BCUT2D eigenvalue weighted by Crippen LogP contribution is 2.34. The lowest BCUT2D eigenvalue weighted by atomic mass is 9.96. The van der Waals surface area contributed by atoms with E-state index in [0.29, 0.717) is 5.92 Å². The molecule has 0 radical (unpaired) electrons. The van der Waals surface area contributed by atoms with Crippen molar-refractivity contribution in [3.05, 3.63) is 77.1 Å². The molecule has 4 rings (SSSR count). The van der Waals surface area contributed by atoms with Crippen LogP contribution in [0.25, 0.3) is 5.69 Å². The van der Waals surface area contributed by atoms with Gasteiger partial charge in [-0.3, -0.25) is 0 Å². The maximum Gasteiger partial charge on any atom is 0.0837 e. The van der Waals surface area contributed by atoms with Crippen LogP contribution in [-0.2, 0) is 19.3 Å². The quantitative estimate of drug-likeness (QED) is 0.726. The number of hydrogen-bond acceptors (Lipinski definition) is 2. The number of benzene rings is 2. The van der Waals surface area contributed by atoms with Crippen LogP contribution in [0.5, 0.6) is 0 Å². The van der Waals surface area contributed by atoms with Crippen molar-refractivity contribution >= 4 is 0 Å². The number of aryl methyl sites for hydroxylation is 2. The molecule has 0 amide bonds. The first-order valence-corrected chi connectivity index (χ1v) is 8.42. The first-order valence-electron chi connectivity index (χ1n) is 8.42. The van der Waals surface area contributed by atoms with Gasteiger partial charge in [0.25, 0.3) is 0 Å². The van der Waals surface area contributed by atoms with Crippen molar-refractivity contribution in [1.29, 1.82) is 0 Å². The Morgan fingerprint density at radius 3 is 2.74 bits per heavy atom. The largest absolute Gasteiger partial charge is 0.220 e. The number of rotatable bonds is 4. The lowest BCUT2D eigenvalue weighted by molar-refractivity contribution is 0.661. The molecule has 3 aromatic rings. The highest BCUT2D eigenvalue weighted by atomic mass is 15.4. The van der Waals surface area contributed by atoms with Gasteiger partial charge in [-0.2, -0.15) is 0 Å². The lowest BCUT2D eigenvalue weighted by Gasteiger charge is -2.08. The zero-order valence-corrected chi connectivity index (χ0v) is 13.4. The van der Waals surface area contributed by atoms with Gasteiger partial charge in [0.2, 0.25) is 0 Å². The minimum Gasteiger partial charge on any atom is -0.220 e. The van der Waals surface area contributed by atoms with Gasteiger partial charge in [-0.1, -0.05) is 48.5 Å². The van der Waals surface area contributed by atoms with E-state index in [0.717, 1.165) is 24.2 Å². The summed E-state index contributed by atoms with van der Waals surface area (Å²) in [6.45, 7) is 2.17. The third-order valence-corrected chi connectivity index (χ3v) is 4.86. The maximum atomic E-state index is 4.38. The number of hydrogen-bond donors (Lipinski definition) is 0. The molecule has 1 aromatic heterocycles. The molecule has 1 aliphatic rings. The standard InChI is InChI=1S/C20H21N3/c1-2-15-7-11-19(12-8-15)23-14-18(21-22-23)13-17-10-9-16-5-3-4-6-20(16)17/h3-8,11-12,14,17H,2,9-10,13H2,1H3. The molecule has 0 bridgehead atoms. The zero-order chi connectivity index (χ0) is 15.6. The van der Waals surface area contributed by atoms with Crippen molar-refractivity contribution in [3.8, 4) is 5.69 Å². The molecule has 1 unspecified atom stereocenters. The molecule has 23 heavy (non-hydrogen) atoms. The van der Waals surface area contributed by atoms with E-state index in [9.17, 15) is 0 Å². The first kappa shape index (κ1) is 14.2. The average Bonchev–Trinajstić information content (AvgIpc) is 3.23. The van der Waals surface area contributed by atoms with Gasteiger partial charge in [-0.25, -0.2) is 4.68 Å². The predicted octanol–water partition coefficient (Wildman–Crippen LogP) is 4.10. The molecule has 3 heteroatoms. The summed E-state index contributed by atoms with van der Waals surface area (Å²) in [5, 5.41) is 8.69. The number of aromatic nitrogens is 3. The van der Waals surface area contributed by atoms with Crippen LogP contribution >= 0.6 is 0 Å². The summed E-state index contributed by atoms with van der Waals surface area (Å²) in [4.78, 5) is 0. The molecule has 0 fully saturated rings. The molecular formula is C20H21N3. The Morgan fingerprint density at radius 2 is 1.91 bits per heavy atom. The van der Waals surface area contributed by atoms with Gasteiger partial charge in [-0.05, 0) is 54.0 Å². The number of nitrogens with zero attached hydrogens (tertiary/aromatic N) is 3. The van der Waals surface area contributed by atoms with Gasteiger partial charge < -0.3 is 0 Å². The Balaban J connectivity index is 1.52. The van der Waals surface area contributed by atoms with Crippen LogP contribution in [0.1, 0.15) is 41.6 Å². The van der Waals surface area contributed by atoms with Crippen LogP contribution in [0.15, 0.2) is 54.7 Å². The topological polar surface area (TPSA) is 30.7 Å². The molecule has 1 heterocycles. The van der Waals surface area contributed by atoms with E-state index in [2.05, 4.69) is 72.0 Å². The molecule has 3 nitrogen and oxygen atoms in total. The summed E-state index contributed by atoms with van der Waals surface area (Å²) in [5.41, 5.74) is 6.49. The highest BCUT2D eigenvalue weighted by Gasteiger charge is 2.23. The minimum atomic E-state index is 0.582. The fraction of sp³-hybridized carbons (Fsp3) is 0.300. The second-order valence-corrected chi connectivity index (χ2v) is 6.31. The molecule has 0 N–H and O–H groups in total. The first-order chi connectivity index (χ1) is 11.3. The van der Waals surface area contributed by atoms with Crippen LogP contribution in [0.4, 0.5) is 0 Å². The Hall–Kier alpha value is -2.42. The van der Waals surface area contributed by atoms with E-state index in [4.69, 9.17) is 0 Å². The second kappa shape index (κ2) is 5.99. The summed E-state index contributed by atoms with van der Waals surface area (Å²) in [6.07, 6.45) is 6.51. The molecule has 0 aliphatic heterocycles. The van der Waals surface area contributed by atoms with Crippen molar-refractivity contribution in [2.45, 2.75) is 38.5 Å². The SMILES string of the molecule is CCc1ccc(-n2cc(CC3CCc4ccccc43)nn2)cc1. The summed E-state index contributed by atoms with van der Waals surface area (Å²) >= 11 is 0. The molecule has 2 aromatic carbocycles. The summed E-state index contributed by atoms with van der Waals surface area (Å²) in [5.74, 6) is 0.582. The van der Waals surface area contributed by atoms with Gasteiger partial charge in [0.05, 0.1) is 17.6 Å². The van der Waals surface area contributed by atoms with Crippen molar-refractivity contribution in [2.24, 2.45) is 0 Å².